The summed E-state index contributed by atoms with van der Waals surface area (Å²) in [5, 5.41) is 2.61. The summed E-state index contributed by atoms with van der Waals surface area (Å²) in [7, 11) is 0. The largest absolute Gasteiger partial charge is 0.464 e. The number of rotatable bonds is 7. The van der Waals surface area contributed by atoms with Crippen LogP contribution in [-0.4, -0.2) is 36.8 Å². The fourth-order valence-corrected chi connectivity index (χ4v) is 2.10. The molecule has 0 aliphatic heterocycles. The molecule has 104 valence electrons. The zero-order valence-corrected chi connectivity index (χ0v) is 11.6. The molecule has 0 aliphatic rings. The normalized spacial score (nSPS) is 11.7. The fraction of sp³-hybridized carbons (Fsp3) is 0.385. The van der Waals surface area contributed by atoms with Crippen molar-refractivity contribution in [3.8, 4) is 0 Å². The van der Waals surface area contributed by atoms with Gasteiger partial charge >= 0.3 is 5.97 Å². The van der Waals surface area contributed by atoms with Crippen LogP contribution >= 0.6 is 11.8 Å². The number of carbonyl (C=O) groups is 2. The van der Waals surface area contributed by atoms with Crippen molar-refractivity contribution in [2.45, 2.75) is 17.9 Å². The first kappa shape index (κ1) is 15.5. The van der Waals surface area contributed by atoms with E-state index in [1.54, 1.807) is 18.7 Å². The zero-order valence-electron chi connectivity index (χ0n) is 10.8. The smallest absolute Gasteiger partial charge is 0.332 e. The number of nitrogens with one attached hydrogen (secondary N) is 1. The predicted molar refractivity (Wildman–Crippen MR) is 74.8 cm³/mol. The second-order valence-corrected chi connectivity index (χ2v) is 4.85. The van der Waals surface area contributed by atoms with Crippen LogP contribution in [0, 0.1) is 0 Å². The van der Waals surface area contributed by atoms with Gasteiger partial charge in [0, 0.05) is 17.2 Å². The first-order valence-electron chi connectivity index (χ1n) is 6.03. The van der Waals surface area contributed by atoms with Crippen LogP contribution in [0.4, 0.5) is 0 Å². The molecule has 0 aliphatic carbocycles. The summed E-state index contributed by atoms with van der Waals surface area (Å²) >= 11 is 1.62. The highest BCUT2D eigenvalue weighted by Gasteiger charge is 2.22. The van der Waals surface area contributed by atoms with Gasteiger partial charge < -0.3 is 15.8 Å². The molecule has 1 rings (SSSR count). The Kier molecular flexibility index (Phi) is 6.99. The van der Waals surface area contributed by atoms with Crippen LogP contribution in [0.15, 0.2) is 35.2 Å². The Labute approximate surface area is 116 Å². The van der Waals surface area contributed by atoms with Gasteiger partial charge in [0.15, 0.2) is 6.04 Å². The van der Waals surface area contributed by atoms with Crippen molar-refractivity contribution in [3.05, 3.63) is 30.3 Å². The van der Waals surface area contributed by atoms with Crippen LogP contribution in [0.1, 0.15) is 6.92 Å². The van der Waals surface area contributed by atoms with E-state index in [0.717, 1.165) is 4.90 Å². The van der Waals surface area contributed by atoms with Crippen molar-refractivity contribution in [1.82, 2.24) is 5.32 Å². The Balaban J connectivity index is 2.22. The minimum Gasteiger partial charge on any atom is -0.464 e. The van der Waals surface area contributed by atoms with Crippen LogP contribution in [-0.2, 0) is 14.3 Å². The molecule has 0 aromatic heterocycles. The fourth-order valence-electron chi connectivity index (χ4n) is 1.31. The molecule has 1 aromatic carbocycles. The third kappa shape index (κ3) is 5.76. The second kappa shape index (κ2) is 8.55. The van der Waals surface area contributed by atoms with Crippen LogP contribution in [0.2, 0.25) is 0 Å². The molecule has 1 aromatic rings. The Morgan fingerprint density at radius 2 is 2.05 bits per heavy atom. The van der Waals surface area contributed by atoms with E-state index in [1.165, 1.54) is 0 Å². The molecule has 0 radical (unpaired) electrons. The molecule has 19 heavy (non-hydrogen) atoms. The summed E-state index contributed by atoms with van der Waals surface area (Å²) in [6.07, 6.45) is 0. The third-order valence-electron chi connectivity index (χ3n) is 2.24. The average molecular weight is 282 g/mol. The van der Waals surface area contributed by atoms with Gasteiger partial charge in [-0.05, 0) is 19.1 Å². The highest BCUT2D eigenvalue weighted by Crippen LogP contribution is 2.15. The number of amides is 1. The number of thioether (sulfide) groups is 1. The van der Waals surface area contributed by atoms with E-state index in [0.29, 0.717) is 12.3 Å². The van der Waals surface area contributed by atoms with Crippen molar-refractivity contribution >= 4 is 23.6 Å². The summed E-state index contributed by atoms with van der Waals surface area (Å²) in [6.45, 7) is 2.33. The molecule has 0 saturated heterocycles. The molecule has 3 N–H and O–H groups in total. The lowest BCUT2D eigenvalue weighted by molar-refractivity contribution is -0.147. The van der Waals surface area contributed by atoms with E-state index in [1.807, 2.05) is 30.3 Å². The lowest BCUT2D eigenvalue weighted by atomic mass is 10.3. The number of nitrogens with two attached hydrogens (primary N) is 1. The quantitative estimate of drug-likeness (QED) is 0.334. The molecule has 5 nitrogen and oxygen atoms in total. The van der Waals surface area contributed by atoms with Crippen molar-refractivity contribution in [2.75, 3.05) is 18.9 Å². The molecular weight excluding hydrogens is 264 g/mol. The van der Waals surface area contributed by atoms with Crippen molar-refractivity contribution in [1.29, 1.82) is 0 Å². The zero-order chi connectivity index (χ0) is 14.1. The number of benzene rings is 1. The molecule has 1 atom stereocenters. The summed E-state index contributed by atoms with van der Waals surface area (Å²) < 4.78 is 4.67. The van der Waals surface area contributed by atoms with Crippen LogP contribution in [0.3, 0.4) is 0 Å². The maximum atomic E-state index is 11.5. The maximum absolute atomic E-state index is 11.5. The molecule has 1 unspecified atom stereocenters. The first-order valence-corrected chi connectivity index (χ1v) is 7.01. The van der Waals surface area contributed by atoms with Gasteiger partial charge in [-0.25, -0.2) is 4.79 Å². The van der Waals surface area contributed by atoms with Crippen molar-refractivity contribution in [3.63, 3.8) is 0 Å². The predicted octanol–water partition coefficient (Wildman–Crippen LogP) is 0.785. The Hall–Kier alpha value is -1.53. The lowest BCUT2D eigenvalue weighted by Crippen LogP contribution is -2.47. The molecule has 6 heteroatoms. The van der Waals surface area contributed by atoms with Crippen LogP contribution in [0.5, 0.6) is 0 Å². The van der Waals surface area contributed by atoms with Gasteiger partial charge in [-0.2, -0.15) is 0 Å². The number of ether oxygens (including phenoxy) is 1. The van der Waals surface area contributed by atoms with Gasteiger partial charge in [-0.1, -0.05) is 18.2 Å². The van der Waals surface area contributed by atoms with E-state index < -0.39 is 17.9 Å². The maximum Gasteiger partial charge on any atom is 0.332 e. The van der Waals surface area contributed by atoms with Crippen molar-refractivity contribution in [2.24, 2.45) is 5.73 Å². The van der Waals surface area contributed by atoms with E-state index in [-0.39, 0.29) is 6.61 Å². The highest BCUT2D eigenvalue weighted by molar-refractivity contribution is 7.99. The van der Waals surface area contributed by atoms with E-state index in [9.17, 15) is 9.59 Å². The van der Waals surface area contributed by atoms with Gasteiger partial charge in [0.2, 0.25) is 5.91 Å². The lowest BCUT2D eigenvalue weighted by Gasteiger charge is -2.10. The van der Waals surface area contributed by atoms with E-state index in [2.05, 4.69) is 10.1 Å². The van der Waals surface area contributed by atoms with Gasteiger partial charge in [0.1, 0.15) is 0 Å². The molecule has 0 spiro atoms. The van der Waals surface area contributed by atoms with E-state index >= 15 is 0 Å². The van der Waals surface area contributed by atoms with Gasteiger partial charge in [-0.15, -0.1) is 11.8 Å². The monoisotopic (exact) mass is 282 g/mol. The molecule has 0 heterocycles. The highest BCUT2D eigenvalue weighted by atomic mass is 32.2. The third-order valence-corrected chi connectivity index (χ3v) is 3.25. The van der Waals surface area contributed by atoms with Crippen LogP contribution < -0.4 is 11.1 Å². The second-order valence-electron chi connectivity index (χ2n) is 3.68. The minimum atomic E-state index is -1.25. The van der Waals surface area contributed by atoms with Gasteiger partial charge in [-0.3, -0.25) is 4.79 Å². The first-order chi connectivity index (χ1) is 9.15. The molecular formula is C13H18N2O3S. The number of esters is 1. The van der Waals surface area contributed by atoms with Crippen LogP contribution in [0.25, 0.3) is 0 Å². The Bertz CT molecular complexity index is 412. The van der Waals surface area contributed by atoms with Gasteiger partial charge in [0.05, 0.1) is 6.61 Å². The topological polar surface area (TPSA) is 81.4 Å². The molecule has 0 bridgehead atoms. The summed E-state index contributed by atoms with van der Waals surface area (Å²) in [5.41, 5.74) is 5.45. The summed E-state index contributed by atoms with van der Waals surface area (Å²) in [5.74, 6) is -0.492. The Morgan fingerprint density at radius 1 is 1.37 bits per heavy atom. The van der Waals surface area contributed by atoms with E-state index in [4.69, 9.17) is 5.73 Å². The minimum absolute atomic E-state index is 0.212. The van der Waals surface area contributed by atoms with Gasteiger partial charge in [0.25, 0.3) is 0 Å². The Morgan fingerprint density at radius 3 is 2.68 bits per heavy atom. The number of hydrogen-bond acceptors (Lipinski definition) is 5. The summed E-state index contributed by atoms with van der Waals surface area (Å²) in [6, 6.07) is 8.61. The SMILES string of the molecule is CCOC(=O)C(N)C(=O)NCCSc1ccccc1. The molecule has 1 amide bonds. The summed E-state index contributed by atoms with van der Waals surface area (Å²) in [4.78, 5) is 23.9. The molecule has 0 saturated carbocycles. The standard InChI is InChI=1S/C13H18N2O3S/c1-2-18-13(17)11(14)12(16)15-8-9-19-10-6-4-3-5-7-10/h3-7,11H,2,8-9,14H2,1H3,(H,15,16). The number of hydrogen-bond donors (Lipinski definition) is 2. The average Bonchev–Trinajstić information content (AvgIpc) is 2.44. The van der Waals surface area contributed by atoms with Crippen molar-refractivity contribution < 1.29 is 14.3 Å². The molecule has 0 fully saturated rings. The number of carbonyl (C=O) groups excluding carboxylic acids is 2.